The zero-order valence-corrected chi connectivity index (χ0v) is 10.9. The monoisotopic (exact) mass is 220 g/mol. The maximum atomic E-state index is 3.47. The Labute approximate surface area is 99.5 Å². The van der Waals surface area contributed by atoms with Gasteiger partial charge < -0.3 is 10.6 Å². The Morgan fingerprint density at radius 2 is 1.69 bits per heavy atom. The first-order chi connectivity index (χ1) is 7.61. The van der Waals surface area contributed by atoms with Crippen molar-refractivity contribution < 1.29 is 0 Å². The van der Waals surface area contributed by atoms with Crippen LogP contribution in [0.25, 0.3) is 0 Å². The molecule has 0 aliphatic rings. The van der Waals surface area contributed by atoms with E-state index in [9.17, 15) is 0 Å². The van der Waals surface area contributed by atoms with Crippen LogP contribution in [-0.4, -0.2) is 19.1 Å². The van der Waals surface area contributed by atoms with Crippen molar-refractivity contribution in [2.75, 3.05) is 18.4 Å². The molecule has 0 aromatic heterocycles. The van der Waals surface area contributed by atoms with Gasteiger partial charge >= 0.3 is 0 Å². The minimum Gasteiger partial charge on any atom is -0.384 e. The molecule has 0 radical (unpaired) electrons. The summed E-state index contributed by atoms with van der Waals surface area (Å²) in [6, 6.07) is 7.19. The normalized spacial score (nSPS) is 12.5. The molecule has 0 aliphatic heterocycles. The van der Waals surface area contributed by atoms with Gasteiger partial charge in [0.05, 0.1) is 0 Å². The van der Waals surface area contributed by atoms with Crippen LogP contribution in [0.1, 0.15) is 31.4 Å². The molecular formula is C14H24N2. The summed E-state index contributed by atoms with van der Waals surface area (Å²) in [4.78, 5) is 0. The number of anilines is 1. The number of hydrogen-bond acceptors (Lipinski definition) is 2. The largest absolute Gasteiger partial charge is 0.384 e. The summed E-state index contributed by atoms with van der Waals surface area (Å²) in [6.45, 7) is 10.7. The van der Waals surface area contributed by atoms with Crippen LogP contribution >= 0.6 is 0 Å². The van der Waals surface area contributed by atoms with Gasteiger partial charge in [0, 0.05) is 24.8 Å². The van der Waals surface area contributed by atoms with Gasteiger partial charge in [-0.15, -0.1) is 0 Å². The van der Waals surface area contributed by atoms with Crippen LogP contribution in [0.4, 0.5) is 5.69 Å². The van der Waals surface area contributed by atoms with E-state index in [1.165, 1.54) is 23.2 Å². The molecule has 2 heteroatoms. The second-order valence-corrected chi connectivity index (χ2v) is 4.57. The van der Waals surface area contributed by atoms with Gasteiger partial charge in [-0.05, 0) is 50.5 Å². The summed E-state index contributed by atoms with van der Waals surface area (Å²) in [5, 5.41) is 6.91. The summed E-state index contributed by atoms with van der Waals surface area (Å²) in [6.07, 6.45) is 1.18. The predicted octanol–water partition coefficient (Wildman–Crippen LogP) is 3.10. The van der Waals surface area contributed by atoms with Crippen molar-refractivity contribution >= 4 is 5.69 Å². The van der Waals surface area contributed by atoms with Gasteiger partial charge in [0.1, 0.15) is 0 Å². The molecule has 0 aliphatic carbocycles. The van der Waals surface area contributed by atoms with E-state index in [-0.39, 0.29) is 0 Å². The van der Waals surface area contributed by atoms with E-state index in [1.54, 1.807) is 0 Å². The van der Waals surface area contributed by atoms with Crippen LogP contribution in [0, 0.1) is 13.8 Å². The highest BCUT2D eigenvalue weighted by Crippen LogP contribution is 2.12. The fourth-order valence-corrected chi connectivity index (χ4v) is 1.75. The second-order valence-electron chi connectivity index (χ2n) is 4.57. The van der Waals surface area contributed by atoms with Gasteiger partial charge in [-0.25, -0.2) is 0 Å². The fourth-order valence-electron chi connectivity index (χ4n) is 1.75. The maximum absolute atomic E-state index is 3.47. The summed E-state index contributed by atoms with van der Waals surface area (Å²) in [5.74, 6) is 0. The highest BCUT2D eigenvalue weighted by atomic mass is 15.0. The molecule has 0 bridgehead atoms. The standard InChI is InChI=1S/C14H24N2/c1-5-13(4)15-6-7-16-14-9-11(2)8-12(3)10-14/h8-10,13,15-16H,5-7H2,1-4H3. The van der Waals surface area contributed by atoms with Crippen LogP contribution in [0.15, 0.2) is 18.2 Å². The molecule has 0 spiro atoms. The Balaban J connectivity index is 2.32. The van der Waals surface area contributed by atoms with Gasteiger partial charge in [-0.3, -0.25) is 0 Å². The van der Waals surface area contributed by atoms with Crippen molar-refractivity contribution in [3.8, 4) is 0 Å². The third-order valence-corrected chi connectivity index (χ3v) is 2.78. The number of hydrogen-bond donors (Lipinski definition) is 2. The van der Waals surface area contributed by atoms with Crippen LogP contribution < -0.4 is 10.6 Å². The lowest BCUT2D eigenvalue weighted by Crippen LogP contribution is -2.30. The van der Waals surface area contributed by atoms with Crippen LogP contribution in [-0.2, 0) is 0 Å². The van der Waals surface area contributed by atoms with Crippen molar-refractivity contribution in [2.24, 2.45) is 0 Å². The number of aryl methyl sites for hydroxylation is 2. The third kappa shape index (κ3) is 4.67. The molecule has 1 aromatic carbocycles. The quantitative estimate of drug-likeness (QED) is 0.720. The van der Waals surface area contributed by atoms with Gasteiger partial charge in [-0.1, -0.05) is 13.0 Å². The topological polar surface area (TPSA) is 24.1 Å². The van der Waals surface area contributed by atoms with Gasteiger partial charge in [0.2, 0.25) is 0 Å². The molecule has 2 nitrogen and oxygen atoms in total. The van der Waals surface area contributed by atoms with Crippen molar-refractivity contribution in [1.82, 2.24) is 5.32 Å². The molecule has 2 N–H and O–H groups in total. The third-order valence-electron chi connectivity index (χ3n) is 2.78. The Kier molecular flexibility index (Phi) is 5.33. The molecule has 0 saturated heterocycles. The number of nitrogens with one attached hydrogen (secondary N) is 2. The van der Waals surface area contributed by atoms with Gasteiger partial charge in [0.25, 0.3) is 0 Å². The Morgan fingerprint density at radius 1 is 1.06 bits per heavy atom. The highest BCUT2D eigenvalue weighted by Gasteiger charge is 1.97. The van der Waals surface area contributed by atoms with Crippen LogP contribution in [0.3, 0.4) is 0 Å². The Hall–Kier alpha value is -1.02. The van der Waals surface area contributed by atoms with Crippen LogP contribution in [0.5, 0.6) is 0 Å². The summed E-state index contributed by atoms with van der Waals surface area (Å²) in [5.41, 5.74) is 3.86. The molecule has 1 rings (SSSR count). The molecule has 0 saturated carbocycles. The minimum atomic E-state index is 0.612. The molecule has 1 aromatic rings. The molecular weight excluding hydrogens is 196 g/mol. The summed E-state index contributed by atoms with van der Waals surface area (Å²) in [7, 11) is 0. The zero-order chi connectivity index (χ0) is 12.0. The number of benzene rings is 1. The Bertz CT molecular complexity index is 300. The van der Waals surface area contributed by atoms with E-state index < -0.39 is 0 Å². The van der Waals surface area contributed by atoms with Crippen molar-refractivity contribution in [2.45, 2.75) is 40.2 Å². The lowest BCUT2D eigenvalue weighted by Gasteiger charge is -2.13. The maximum Gasteiger partial charge on any atom is 0.0345 e. The van der Waals surface area contributed by atoms with E-state index in [1.807, 2.05) is 0 Å². The molecule has 0 amide bonds. The first-order valence-electron chi connectivity index (χ1n) is 6.17. The fraction of sp³-hybridized carbons (Fsp3) is 0.571. The van der Waals surface area contributed by atoms with Crippen molar-refractivity contribution in [3.63, 3.8) is 0 Å². The molecule has 0 fully saturated rings. The first kappa shape index (κ1) is 13.0. The molecule has 90 valence electrons. The predicted molar refractivity (Wildman–Crippen MR) is 72.2 cm³/mol. The minimum absolute atomic E-state index is 0.612. The van der Waals surface area contributed by atoms with E-state index >= 15 is 0 Å². The Morgan fingerprint density at radius 3 is 2.25 bits per heavy atom. The molecule has 16 heavy (non-hydrogen) atoms. The second kappa shape index (κ2) is 6.54. The summed E-state index contributed by atoms with van der Waals surface area (Å²) >= 11 is 0. The average Bonchev–Trinajstić information content (AvgIpc) is 2.22. The molecule has 1 atom stereocenters. The van der Waals surface area contributed by atoms with Gasteiger partial charge in [-0.2, -0.15) is 0 Å². The van der Waals surface area contributed by atoms with Gasteiger partial charge in [0.15, 0.2) is 0 Å². The molecule has 1 unspecified atom stereocenters. The van der Waals surface area contributed by atoms with Crippen molar-refractivity contribution in [3.05, 3.63) is 29.3 Å². The first-order valence-corrected chi connectivity index (χ1v) is 6.17. The lowest BCUT2D eigenvalue weighted by molar-refractivity contribution is 0.546. The van der Waals surface area contributed by atoms with E-state index in [0.29, 0.717) is 6.04 Å². The smallest absolute Gasteiger partial charge is 0.0345 e. The van der Waals surface area contributed by atoms with Crippen LogP contribution in [0.2, 0.25) is 0 Å². The highest BCUT2D eigenvalue weighted by molar-refractivity contribution is 5.48. The van der Waals surface area contributed by atoms with E-state index in [4.69, 9.17) is 0 Å². The van der Waals surface area contributed by atoms with Crippen molar-refractivity contribution in [1.29, 1.82) is 0 Å². The zero-order valence-electron chi connectivity index (χ0n) is 10.9. The SMILES string of the molecule is CCC(C)NCCNc1cc(C)cc(C)c1. The number of rotatable bonds is 6. The van der Waals surface area contributed by atoms with E-state index in [2.05, 4.69) is 56.5 Å². The van der Waals surface area contributed by atoms with E-state index in [0.717, 1.165) is 13.1 Å². The molecule has 0 heterocycles. The average molecular weight is 220 g/mol. The summed E-state index contributed by atoms with van der Waals surface area (Å²) < 4.78 is 0. The lowest BCUT2D eigenvalue weighted by atomic mass is 10.1.